The summed E-state index contributed by atoms with van der Waals surface area (Å²) in [5.74, 6) is -1.02. The summed E-state index contributed by atoms with van der Waals surface area (Å²) < 4.78 is 15.9. The van der Waals surface area contributed by atoms with Crippen molar-refractivity contribution in [3.05, 3.63) is 41.6 Å². The zero-order valence-electron chi connectivity index (χ0n) is 15.3. The number of rotatable bonds is 5. The number of methoxy groups -OCH3 is 1. The van der Waals surface area contributed by atoms with Crippen molar-refractivity contribution in [3.63, 3.8) is 0 Å². The van der Waals surface area contributed by atoms with Crippen LogP contribution in [0.15, 0.2) is 36.0 Å². The Balaban J connectivity index is 1.94. The Labute approximate surface area is 153 Å². The molecular weight excluding hydrogens is 334 g/mol. The summed E-state index contributed by atoms with van der Waals surface area (Å²) in [6.45, 7) is 4.82. The van der Waals surface area contributed by atoms with Crippen LogP contribution in [0, 0.1) is 5.92 Å². The van der Waals surface area contributed by atoms with Gasteiger partial charge in [0, 0.05) is 30.8 Å². The first kappa shape index (κ1) is 18.5. The molecule has 1 aromatic carbocycles. The summed E-state index contributed by atoms with van der Waals surface area (Å²) in [6.07, 6.45) is 2.23. The number of benzene rings is 1. The lowest BCUT2D eigenvalue weighted by atomic mass is 9.76. The van der Waals surface area contributed by atoms with E-state index in [0.29, 0.717) is 25.4 Å². The van der Waals surface area contributed by atoms with Crippen LogP contribution in [0.1, 0.15) is 24.8 Å². The van der Waals surface area contributed by atoms with Crippen molar-refractivity contribution in [2.45, 2.75) is 19.3 Å². The number of ketones is 1. The van der Waals surface area contributed by atoms with Crippen LogP contribution in [0.5, 0.6) is 5.75 Å². The lowest BCUT2D eigenvalue weighted by Gasteiger charge is -2.37. The molecule has 0 aromatic heterocycles. The van der Waals surface area contributed by atoms with E-state index in [0.717, 1.165) is 24.4 Å². The standard InChI is InChI=1S/C20H25NO5/c1-3-26-20(23)19-17(14-5-4-6-16(11-14)24-2)12-15(13-18(19)22)21-7-9-25-10-8-21/h4-6,11,13,17,19H,3,7-10,12H2,1-2H3/t17-,19-/m0/s1. The number of carbonyl (C=O) groups excluding carboxylic acids is 2. The highest BCUT2D eigenvalue weighted by molar-refractivity contribution is 6.07. The van der Waals surface area contributed by atoms with Gasteiger partial charge in [0.2, 0.25) is 0 Å². The van der Waals surface area contributed by atoms with E-state index in [9.17, 15) is 9.59 Å². The van der Waals surface area contributed by atoms with Crippen molar-refractivity contribution in [2.75, 3.05) is 40.0 Å². The van der Waals surface area contributed by atoms with E-state index in [1.165, 1.54) is 0 Å². The molecule has 0 saturated carbocycles. The second kappa shape index (κ2) is 8.36. The number of carbonyl (C=O) groups is 2. The maximum absolute atomic E-state index is 12.8. The van der Waals surface area contributed by atoms with Gasteiger partial charge in [-0.05, 0) is 31.0 Å². The molecule has 0 radical (unpaired) electrons. The van der Waals surface area contributed by atoms with E-state index in [2.05, 4.69) is 4.90 Å². The summed E-state index contributed by atoms with van der Waals surface area (Å²) >= 11 is 0. The SMILES string of the molecule is CCOC(=O)[C@@H]1C(=O)C=C(N2CCOCC2)C[C@H]1c1cccc(OC)c1. The smallest absolute Gasteiger partial charge is 0.317 e. The zero-order valence-corrected chi connectivity index (χ0v) is 15.3. The first-order chi connectivity index (χ1) is 12.6. The van der Waals surface area contributed by atoms with Gasteiger partial charge in [0.05, 0.1) is 26.9 Å². The molecule has 6 heteroatoms. The fourth-order valence-corrected chi connectivity index (χ4v) is 3.62. The van der Waals surface area contributed by atoms with Gasteiger partial charge in [-0.15, -0.1) is 0 Å². The largest absolute Gasteiger partial charge is 0.497 e. The Morgan fingerprint density at radius 1 is 1.31 bits per heavy atom. The molecule has 1 saturated heterocycles. The molecule has 26 heavy (non-hydrogen) atoms. The summed E-state index contributed by atoms with van der Waals surface area (Å²) in [4.78, 5) is 27.5. The Morgan fingerprint density at radius 3 is 2.77 bits per heavy atom. The van der Waals surface area contributed by atoms with Gasteiger partial charge in [-0.1, -0.05) is 12.1 Å². The van der Waals surface area contributed by atoms with Crippen LogP contribution in [0.2, 0.25) is 0 Å². The molecule has 0 amide bonds. The number of ether oxygens (including phenoxy) is 3. The summed E-state index contributed by atoms with van der Waals surface area (Å²) in [5, 5.41) is 0. The van der Waals surface area contributed by atoms with Crippen LogP contribution in [0.3, 0.4) is 0 Å². The first-order valence-electron chi connectivity index (χ1n) is 9.01. The molecule has 2 aliphatic rings. The molecule has 0 bridgehead atoms. The molecule has 0 spiro atoms. The molecule has 1 aliphatic carbocycles. The van der Waals surface area contributed by atoms with Crippen molar-refractivity contribution in [1.29, 1.82) is 0 Å². The Morgan fingerprint density at radius 2 is 2.08 bits per heavy atom. The second-order valence-corrected chi connectivity index (χ2v) is 6.45. The van der Waals surface area contributed by atoms with E-state index in [1.54, 1.807) is 20.1 Å². The van der Waals surface area contributed by atoms with E-state index >= 15 is 0 Å². The van der Waals surface area contributed by atoms with Gasteiger partial charge in [-0.3, -0.25) is 9.59 Å². The maximum atomic E-state index is 12.8. The lowest BCUT2D eigenvalue weighted by molar-refractivity contribution is -0.152. The molecule has 1 heterocycles. The minimum Gasteiger partial charge on any atom is -0.497 e. The van der Waals surface area contributed by atoms with Gasteiger partial charge in [0.1, 0.15) is 11.7 Å². The third-order valence-corrected chi connectivity index (χ3v) is 4.93. The summed E-state index contributed by atoms with van der Waals surface area (Å²) in [6, 6.07) is 7.57. The minimum atomic E-state index is -0.813. The minimum absolute atomic E-state index is 0.191. The van der Waals surface area contributed by atoms with Gasteiger partial charge < -0.3 is 19.1 Å². The topological polar surface area (TPSA) is 65.1 Å². The van der Waals surface area contributed by atoms with E-state index in [4.69, 9.17) is 14.2 Å². The highest BCUT2D eigenvalue weighted by Crippen LogP contribution is 2.39. The molecule has 1 aromatic rings. The Kier molecular flexibility index (Phi) is 5.93. The average molecular weight is 359 g/mol. The highest BCUT2D eigenvalue weighted by atomic mass is 16.5. The molecule has 3 rings (SSSR count). The van der Waals surface area contributed by atoms with Gasteiger partial charge >= 0.3 is 5.97 Å². The molecule has 0 unspecified atom stereocenters. The number of hydrogen-bond donors (Lipinski definition) is 0. The monoisotopic (exact) mass is 359 g/mol. The fourth-order valence-electron chi connectivity index (χ4n) is 3.62. The number of allylic oxidation sites excluding steroid dienone is 2. The molecule has 0 N–H and O–H groups in total. The first-order valence-corrected chi connectivity index (χ1v) is 9.01. The molecule has 1 aliphatic heterocycles. The predicted octanol–water partition coefficient (Wildman–Crippen LogP) is 2.15. The molecule has 2 atom stereocenters. The molecule has 6 nitrogen and oxygen atoms in total. The van der Waals surface area contributed by atoms with Gasteiger partial charge in [0.25, 0.3) is 0 Å². The third-order valence-electron chi connectivity index (χ3n) is 4.93. The van der Waals surface area contributed by atoms with Crippen LogP contribution in [0.4, 0.5) is 0 Å². The van der Waals surface area contributed by atoms with Crippen LogP contribution < -0.4 is 4.74 Å². The van der Waals surface area contributed by atoms with E-state index in [-0.39, 0.29) is 18.3 Å². The second-order valence-electron chi connectivity index (χ2n) is 6.45. The lowest BCUT2D eigenvalue weighted by Crippen LogP contribution is -2.41. The quantitative estimate of drug-likeness (QED) is 0.593. The number of esters is 1. The van der Waals surface area contributed by atoms with Crippen molar-refractivity contribution in [1.82, 2.24) is 4.90 Å². The predicted molar refractivity (Wildman–Crippen MR) is 96.0 cm³/mol. The number of nitrogens with zero attached hydrogens (tertiary/aromatic N) is 1. The van der Waals surface area contributed by atoms with Crippen molar-refractivity contribution in [3.8, 4) is 5.75 Å². The van der Waals surface area contributed by atoms with E-state index in [1.807, 2.05) is 24.3 Å². The van der Waals surface area contributed by atoms with Crippen LogP contribution in [-0.4, -0.2) is 56.7 Å². The average Bonchev–Trinajstić information content (AvgIpc) is 2.68. The fraction of sp³-hybridized carbons (Fsp3) is 0.500. The van der Waals surface area contributed by atoms with Crippen LogP contribution in [0.25, 0.3) is 0 Å². The van der Waals surface area contributed by atoms with Crippen molar-refractivity contribution in [2.24, 2.45) is 5.92 Å². The zero-order chi connectivity index (χ0) is 18.5. The normalized spacial score (nSPS) is 23.4. The van der Waals surface area contributed by atoms with Crippen LogP contribution in [-0.2, 0) is 19.1 Å². The molecular formula is C20H25NO5. The highest BCUT2D eigenvalue weighted by Gasteiger charge is 2.40. The number of hydrogen-bond acceptors (Lipinski definition) is 6. The maximum Gasteiger partial charge on any atom is 0.317 e. The molecule has 1 fully saturated rings. The Bertz CT molecular complexity index is 693. The van der Waals surface area contributed by atoms with Gasteiger partial charge in [-0.2, -0.15) is 0 Å². The summed E-state index contributed by atoms with van der Waals surface area (Å²) in [5.41, 5.74) is 1.88. The van der Waals surface area contributed by atoms with Gasteiger partial charge in [0.15, 0.2) is 5.78 Å². The Hall–Kier alpha value is -2.34. The van der Waals surface area contributed by atoms with Crippen molar-refractivity contribution >= 4 is 11.8 Å². The summed E-state index contributed by atoms with van der Waals surface area (Å²) in [7, 11) is 1.60. The number of morpholine rings is 1. The van der Waals surface area contributed by atoms with Crippen LogP contribution >= 0.6 is 0 Å². The van der Waals surface area contributed by atoms with E-state index < -0.39 is 11.9 Å². The van der Waals surface area contributed by atoms with Gasteiger partial charge in [-0.25, -0.2) is 0 Å². The molecule has 140 valence electrons. The third kappa shape index (κ3) is 3.90. The van der Waals surface area contributed by atoms with Crippen molar-refractivity contribution < 1.29 is 23.8 Å².